The molecular weight excluding hydrogens is 291 g/mol. The number of rotatable bonds is 3. The van der Waals surface area contributed by atoms with Crippen molar-refractivity contribution < 1.29 is 36.7 Å². The highest BCUT2D eigenvalue weighted by Crippen LogP contribution is 2.38. The van der Waals surface area contributed by atoms with Gasteiger partial charge in [-0.05, 0) is 12.1 Å². The Morgan fingerprint density at radius 2 is 1.55 bits per heavy atom. The highest BCUT2D eigenvalue weighted by Gasteiger charge is 2.65. The fourth-order valence-electron chi connectivity index (χ4n) is 1.43. The van der Waals surface area contributed by atoms with Gasteiger partial charge in [0.05, 0.1) is 5.69 Å². The highest BCUT2D eigenvalue weighted by atomic mass is 19.4. The second kappa shape index (κ2) is 4.85. The van der Waals surface area contributed by atoms with E-state index in [2.05, 4.69) is 0 Å². The molecule has 0 saturated carbocycles. The van der Waals surface area contributed by atoms with Crippen molar-refractivity contribution >= 4 is 11.7 Å². The van der Waals surface area contributed by atoms with Crippen molar-refractivity contribution in [2.75, 3.05) is 0 Å². The van der Waals surface area contributed by atoms with Crippen molar-refractivity contribution in [3.8, 4) is 0 Å². The van der Waals surface area contributed by atoms with E-state index >= 15 is 0 Å². The summed E-state index contributed by atoms with van der Waals surface area (Å²) in [6.45, 7) is 1.10. The lowest BCUT2D eigenvalue weighted by Gasteiger charge is -2.24. The van der Waals surface area contributed by atoms with Crippen LogP contribution in [-0.2, 0) is 12.3 Å². The van der Waals surface area contributed by atoms with E-state index in [0.717, 1.165) is 30.7 Å². The third-order valence-corrected chi connectivity index (χ3v) is 2.48. The smallest absolute Gasteiger partial charge is 0.337 e. The van der Waals surface area contributed by atoms with Crippen molar-refractivity contribution in [3.05, 3.63) is 23.5 Å². The van der Waals surface area contributed by atoms with E-state index in [1.54, 1.807) is 0 Å². The van der Waals surface area contributed by atoms with Gasteiger partial charge in [0.25, 0.3) is 0 Å². The van der Waals surface area contributed by atoms with Crippen LogP contribution in [0.15, 0.2) is 12.1 Å². The lowest BCUT2D eigenvalue weighted by Crippen LogP contribution is -2.52. The van der Waals surface area contributed by atoms with Gasteiger partial charge in [-0.2, -0.15) is 22.0 Å². The summed E-state index contributed by atoms with van der Waals surface area (Å²) in [6.07, 6.45) is -6.20. The number of hydroxylamine groups is 2. The van der Waals surface area contributed by atoms with E-state index in [4.69, 9.17) is 0 Å². The van der Waals surface area contributed by atoms with Crippen LogP contribution in [0.3, 0.4) is 0 Å². The Bertz CT molecular complexity index is 550. The molecule has 1 aromatic rings. The molecule has 0 aliphatic carbocycles. The zero-order chi connectivity index (χ0) is 15.9. The van der Waals surface area contributed by atoms with Gasteiger partial charge >= 0.3 is 18.1 Å². The minimum Gasteiger partial charge on any atom is -0.337 e. The average Bonchev–Trinajstić information content (AvgIpc) is 2.67. The van der Waals surface area contributed by atoms with E-state index in [-0.39, 0.29) is 5.69 Å². The van der Waals surface area contributed by atoms with E-state index in [1.165, 1.54) is 0 Å². The lowest BCUT2D eigenvalue weighted by atomic mass is 10.3. The van der Waals surface area contributed by atoms with Crippen LogP contribution in [0.5, 0.6) is 0 Å². The van der Waals surface area contributed by atoms with Crippen LogP contribution in [0.25, 0.3) is 0 Å². The molecular formula is C10H8F5N2O3. The van der Waals surface area contributed by atoms with Gasteiger partial charge in [-0.25, -0.2) is 0 Å². The van der Waals surface area contributed by atoms with Gasteiger partial charge in [0.1, 0.15) is 5.69 Å². The number of hydrogen-bond acceptors (Lipinski definition) is 2. The van der Waals surface area contributed by atoms with E-state index < -0.39 is 34.7 Å². The Kier molecular flexibility index (Phi) is 3.90. The molecule has 0 spiro atoms. The molecule has 0 aliphatic rings. The quantitative estimate of drug-likeness (QED) is 0.372. The summed E-state index contributed by atoms with van der Waals surface area (Å²) in [7, 11) is 1.09. The molecule has 0 fully saturated rings. The monoisotopic (exact) mass is 299 g/mol. The Morgan fingerprint density at radius 3 is 1.90 bits per heavy atom. The van der Waals surface area contributed by atoms with Gasteiger partial charge in [0, 0.05) is 14.0 Å². The predicted octanol–water partition coefficient (Wildman–Crippen LogP) is 2.17. The molecule has 0 atom stereocenters. The van der Waals surface area contributed by atoms with E-state index in [9.17, 15) is 36.7 Å². The molecule has 0 aromatic carbocycles. The molecule has 1 rings (SSSR count). The van der Waals surface area contributed by atoms with Crippen molar-refractivity contribution in [1.82, 2.24) is 9.63 Å². The predicted molar refractivity (Wildman–Crippen MR) is 53.3 cm³/mol. The van der Waals surface area contributed by atoms with Crippen molar-refractivity contribution in [1.29, 1.82) is 0 Å². The number of carbonyl (C=O) groups excluding carboxylic acids is 2. The first-order valence-corrected chi connectivity index (χ1v) is 5.04. The third-order valence-electron chi connectivity index (χ3n) is 2.48. The average molecular weight is 299 g/mol. The van der Waals surface area contributed by atoms with Crippen molar-refractivity contribution in [2.24, 2.45) is 7.05 Å². The summed E-state index contributed by atoms with van der Waals surface area (Å²) in [5, 5.41) is 8.99. The molecule has 1 amide bonds. The maximum absolute atomic E-state index is 12.7. The normalized spacial score (nSPS) is 12.4. The summed E-state index contributed by atoms with van der Waals surface area (Å²) < 4.78 is 62.2. The molecule has 0 aliphatic heterocycles. The molecule has 1 aromatic heterocycles. The van der Waals surface area contributed by atoms with E-state index in [1.807, 2.05) is 0 Å². The number of nitrogens with zero attached hydrogens (tertiary/aromatic N) is 2. The number of alkyl halides is 5. The number of aromatic nitrogens is 1. The fourth-order valence-corrected chi connectivity index (χ4v) is 1.43. The number of Topliss-reactive ketones (excluding diaryl/α,β-unsaturated/α-hetero) is 1. The Morgan fingerprint density at radius 1 is 1.10 bits per heavy atom. The molecule has 20 heavy (non-hydrogen) atoms. The summed E-state index contributed by atoms with van der Waals surface area (Å²) in [6, 6.07) is -4.00. The fraction of sp³-hybridized carbons (Fsp3) is 0.400. The topological polar surface area (TPSA) is 62.2 Å². The summed E-state index contributed by atoms with van der Waals surface area (Å²) in [5.74, 6) is -2.64. The maximum atomic E-state index is 12.7. The number of amides is 1. The second-order valence-corrected chi connectivity index (χ2v) is 3.86. The first kappa shape index (κ1) is 16.1. The molecule has 111 valence electrons. The van der Waals surface area contributed by atoms with Crippen LogP contribution >= 0.6 is 0 Å². The van der Waals surface area contributed by atoms with Crippen LogP contribution in [-0.4, -0.2) is 33.5 Å². The number of halogens is 5. The Balaban J connectivity index is 3.17. The van der Waals surface area contributed by atoms with Crippen LogP contribution in [0.2, 0.25) is 0 Å². The molecule has 0 bridgehead atoms. The van der Waals surface area contributed by atoms with Crippen molar-refractivity contribution in [2.45, 2.75) is 19.1 Å². The first-order chi connectivity index (χ1) is 8.91. The van der Waals surface area contributed by atoms with Crippen LogP contribution < -0.4 is 0 Å². The lowest BCUT2D eigenvalue weighted by molar-refractivity contribution is -0.397. The molecule has 0 saturated heterocycles. The minimum absolute atomic E-state index is 0.114. The van der Waals surface area contributed by atoms with Gasteiger partial charge in [0.2, 0.25) is 0 Å². The largest absolute Gasteiger partial charge is 0.478 e. The van der Waals surface area contributed by atoms with Gasteiger partial charge < -0.3 is 4.57 Å². The van der Waals surface area contributed by atoms with Crippen LogP contribution in [0.1, 0.15) is 27.9 Å². The minimum atomic E-state index is -6.20. The number of hydrogen-bond donors (Lipinski definition) is 0. The zero-order valence-electron chi connectivity index (χ0n) is 10.2. The second-order valence-electron chi connectivity index (χ2n) is 3.86. The van der Waals surface area contributed by atoms with E-state index in [0.29, 0.717) is 0 Å². The summed E-state index contributed by atoms with van der Waals surface area (Å²) in [5.41, 5.74) is -0.869. The standard InChI is InChI=1S/C10H8F5N2O3/c1-5(18)6-3-4-7(16(6)2)8(19)17(20)10(14,15)9(11,12)13/h3-4H,1-2H3. The number of carbonyl (C=O) groups is 2. The molecule has 1 heterocycles. The highest BCUT2D eigenvalue weighted by molar-refractivity contribution is 5.97. The Labute approximate surface area is 109 Å². The molecule has 0 N–H and O–H groups in total. The van der Waals surface area contributed by atoms with Gasteiger partial charge in [-0.3, -0.25) is 9.59 Å². The zero-order valence-corrected chi connectivity index (χ0v) is 10.2. The maximum Gasteiger partial charge on any atom is 0.478 e. The molecule has 10 heteroatoms. The number of ketones is 1. The van der Waals surface area contributed by atoms with Gasteiger partial charge in [-0.15, -0.1) is 5.06 Å². The molecule has 1 radical (unpaired) electrons. The first-order valence-electron chi connectivity index (χ1n) is 5.04. The molecule has 0 unspecified atom stereocenters. The van der Waals surface area contributed by atoms with Gasteiger partial charge in [0.15, 0.2) is 5.78 Å². The Hall–Kier alpha value is -1.97. The van der Waals surface area contributed by atoms with Crippen LogP contribution in [0, 0.1) is 0 Å². The SMILES string of the molecule is CC(=O)c1ccc(C(=O)N([O])C(F)(F)C(F)(F)F)n1C. The third kappa shape index (κ3) is 2.50. The van der Waals surface area contributed by atoms with Crippen LogP contribution in [0.4, 0.5) is 22.0 Å². The molecule has 5 nitrogen and oxygen atoms in total. The van der Waals surface area contributed by atoms with Gasteiger partial charge in [-0.1, -0.05) is 5.21 Å². The van der Waals surface area contributed by atoms with Crippen molar-refractivity contribution in [3.63, 3.8) is 0 Å². The summed E-state index contributed by atoms with van der Waals surface area (Å²) >= 11 is 0. The summed E-state index contributed by atoms with van der Waals surface area (Å²) in [4.78, 5) is 22.5.